The molecule has 0 N–H and O–H groups in total. The molecule has 0 atom stereocenters. The Balaban J connectivity index is 2.99. The largest absolute Gasteiger partial charge is 0.103 e. The maximum atomic E-state index is 3.79. The van der Waals surface area contributed by atoms with Crippen LogP contribution in [0.15, 0.2) is 12.7 Å². The lowest BCUT2D eigenvalue weighted by molar-refractivity contribution is 0.500. The lowest BCUT2D eigenvalue weighted by Crippen LogP contribution is -1.87. The van der Waals surface area contributed by atoms with E-state index in [-0.39, 0.29) is 0 Å². The van der Waals surface area contributed by atoms with E-state index in [2.05, 4.69) is 26.5 Å². The second-order valence-electron chi connectivity index (χ2n) is 9.68. The topological polar surface area (TPSA) is 0 Å². The first kappa shape index (κ1) is 27.7. The van der Waals surface area contributed by atoms with Crippen molar-refractivity contribution in [1.82, 2.24) is 0 Å². The minimum atomic E-state index is 0.896. The highest BCUT2D eigenvalue weighted by Crippen LogP contribution is 2.16. The molecule has 28 heavy (non-hydrogen) atoms. The first-order valence-corrected chi connectivity index (χ1v) is 13.4. The van der Waals surface area contributed by atoms with Gasteiger partial charge in [0.25, 0.3) is 0 Å². The molecule has 168 valence electrons. The SMILES string of the molecule is C=CCCCCCCCCCCCCCCCCCCCCCCCC(C)C. The lowest BCUT2D eigenvalue weighted by atomic mass is 10.0. The van der Waals surface area contributed by atoms with Crippen molar-refractivity contribution in [2.75, 3.05) is 0 Å². The average Bonchev–Trinajstić information content (AvgIpc) is 2.68. The molecule has 0 radical (unpaired) electrons. The Morgan fingerprint density at radius 1 is 0.429 bits per heavy atom. The van der Waals surface area contributed by atoms with E-state index >= 15 is 0 Å². The van der Waals surface area contributed by atoms with Crippen molar-refractivity contribution < 1.29 is 0 Å². The van der Waals surface area contributed by atoms with E-state index in [4.69, 9.17) is 0 Å². The number of allylic oxidation sites excluding steroid dienone is 1. The molecule has 0 aromatic heterocycles. The van der Waals surface area contributed by atoms with E-state index in [0.29, 0.717) is 0 Å². The highest BCUT2D eigenvalue weighted by molar-refractivity contribution is 4.65. The summed E-state index contributed by atoms with van der Waals surface area (Å²) < 4.78 is 0. The quantitative estimate of drug-likeness (QED) is 0.113. The van der Waals surface area contributed by atoms with Crippen LogP contribution in [0.1, 0.15) is 162 Å². The van der Waals surface area contributed by atoms with Crippen molar-refractivity contribution in [3.8, 4) is 0 Å². The zero-order chi connectivity index (χ0) is 20.5. The fourth-order valence-electron chi connectivity index (χ4n) is 4.20. The molecule has 0 nitrogen and oxygen atoms in total. The molecule has 0 saturated carbocycles. The highest BCUT2D eigenvalue weighted by atomic mass is 14.0. The minimum absolute atomic E-state index is 0.896. The Labute approximate surface area is 180 Å². The summed E-state index contributed by atoms with van der Waals surface area (Å²) in [4.78, 5) is 0. The van der Waals surface area contributed by atoms with Crippen molar-refractivity contribution in [3.05, 3.63) is 12.7 Å². The summed E-state index contributed by atoms with van der Waals surface area (Å²) in [5.41, 5.74) is 0. The van der Waals surface area contributed by atoms with E-state index in [1.807, 2.05) is 0 Å². The van der Waals surface area contributed by atoms with Gasteiger partial charge < -0.3 is 0 Å². The molecule has 0 spiro atoms. The van der Waals surface area contributed by atoms with Gasteiger partial charge in [0.05, 0.1) is 0 Å². The van der Waals surface area contributed by atoms with Crippen LogP contribution in [0.25, 0.3) is 0 Å². The van der Waals surface area contributed by atoms with Crippen molar-refractivity contribution in [3.63, 3.8) is 0 Å². The van der Waals surface area contributed by atoms with Crippen LogP contribution < -0.4 is 0 Å². The van der Waals surface area contributed by atoms with Crippen LogP contribution in [0.2, 0.25) is 0 Å². The predicted octanol–water partition coefficient (Wildman–Crippen LogP) is 10.8. The van der Waals surface area contributed by atoms with E-state index in [0.717, 1.165) is 5.92 Å². The van der Waals surface area contributed by atoms with E-state index in [1.54, 1.807) is 0 Å². The summed E-state index contributed by atoms with van der Waals surface area (Å²) >= 11 is 0. The monoisotopic (exact) mass is 392 g/mol. The molecular formula is C28H56. The van der Waals surface area contributed by atoms with Crippen LogP contribution in [0, 0.1) is 5.92 Å². The van der Waals surface area contributed by atoms with Gasteiger partial charge >= 0.3 is 0 Å². The standard InChI is InChI=1S/C28H56/c1-4-5-6-7-8-9-10-11-12-13-14-15-16-17-18-19-20-21-22-23-24-25-26-27-28(2)3/h4,28H,1,5-27H2,2-3H3. The minimum Gasteiger partial charge on any atom is -0.103 e. The molecule has 0 heteroatoms. The summed E-state index contributed by atoms with van der Waals surface area (Å²) in [6.07, 6.45) is 35.5. The van der Waals surface area contributed by atoms with Crippen LogP contribution >= 0.6 is 0 Å². The predicted molar refractivity (Wildman–Crippen MR) is 131 cm³/mol. The van der Waals surface area contributed by atoms with Crippen molar-refractivity contribution in [2.45, 2.75) is 162 Å². The molecule has 0 aromatic carbocycles. The molecule has 0 aliphatic heterocycles. The molecule has 0 rings (SSSR count). The van der Waals surface area contributed by atoms with Crippen LogP contribution in [0.5, 0.6) is 0 Å². The number of rotatable bonds is 24. The van der Waals surface area contributed by atoms with Gasteiger partial charge in [-0.1, -0.05) is 155 Å². The fourth-order valence-corrected chi connectivity index (χ4v) is 4.20. The Kier molecular flexibility index (Phi) is 24.5. The van der Waals surface area contributed by atoms with E-state index in [1.165, 1.54) is 148 Å². The third-order valence-corrected chi connectivity index (χ3v) is 6.19. The average molecular weight is 393 g/mol. The second kappa shape index (κ2) is 24.8. The van der Waals surface area contributed by atoms with Crippen molar-refractivity contribution >= 4 is 0 Å². The van der Waals surface area contributed by atoms with Gasteiger partial charge in [0, 0.05) is 0 Å². The van der Waals surface area contributed by atoms with Gasteiger partial charge in [-0.15, -0.1) is 6.58 Å². The maximum Gasteiger partial charge on any atom is -0.0353 e. The van der Waals surface area contributed by atoms with E-state index < -0.39 is 0 Å². The van der Waals surface area contributed by atoms with E-state index in [9.17, 15) is 0 Å². The molecule has 0 aromatic rings. The van der Waals surface area contributed by atoms with Gasteiger partial charge in [0.2, 0.25) is 0 Å². The zero-order valence-electron chi connectivity index (χ0n) is 20.1. The third kappa shape index (κ3) is 25.7. The Hall–Kier alpha value is -0.260. The van der Waals surface area contributed by atoms with Gasteiger partial charge in [-0.3, -0.25) is 0 Å². The molecule has 0 bridgehead atoms. The number of hydrogen-bond acceptors (Lipinski definition) is 0. The molecule has 0 amide bonds. The summed E-state index contributed by atoms with van der Waals surface area (Å²) in [7, 11) is 0. The van der Waals surface area contributed by atoms with Crippen molar-refractivity contribution in [2.24, 2.45) is 5.92 Å². The smallest absolute Gasteiger partial charge is 0.0353 e. The van der Waals surface area contributed by atoms with Crippen LogP contribution in [-0.2, 0) is 0 Å². The van der Waals surface area contributed by atoms with Gasteiger partial charge in [-0.05, 0) is 18.8 Å². The molecular weight excluding hydrogens is 336 g/mol. The zero-order valence-corrected chi connectivity index (χ0v) is 20.1. The van der Waals surface area contributed by atoms with Gasteiger partial charge in [0.15, 0.2) is 0 Å². The second-order valence-corrected chi connectivity index (χ2v) is 9.68. The van der Waals surface area contributed by atoms with Crippen LogP contribution in [0.4, 0.5) is 0 Å². The molecule has 0 heterocycles. The van der Waals surface area contributed by atoms with Crippen molar-refractivity contribution in [1.29, 1.82) is 0 Å². The molecule has 0 aliphatic carbocycles. The number of hydrogen-bond donors (Lipinski definition) is 0. The van der Waals surface area contributed by atoms with Crippen LogP contribution in [0.3, 0.4) is 0 Å². The Morgan fingerprint density at radius 2 is 0.679 bits per heavy atom. The summed E-state index contributed by atoms with van der Waals surface area (Å²) in [6.45, 7) is 8.48. The van der Waals surface area contributed by atoms with Gasteiger partial charge in [-0.2, -0.15) is 0 Å². The normalized spacial score (nSPS) is 11.4. The van der Waals surface area contributed by atoms with Gasteiger partial charge in [-0.25, -0.2) is 0 Å². The summed E-state index contributed by atoms with van der Waals surface area (Å²) in [5, 5.41) is 0. The van der Waals surface area contributed by atoms with Gasteiger partial charge in [0.1, 0.15) is 0 Å². The highest BCUT2D eigenvalue weighted by Gasteiger charge is 1.96. The molecule has 0 aliphatic rings. The fraction of sp³-hybridized carbons (Fsp3) is 0.929. The van der Waals surface area contributed by atoms with Crippen LogP contribution in [-0.4, -0.2) is 0 Å². The molecule has 0 unspecified atom stereocenters. The maximum absolute atomic E-state index is 3.79. The molecule has 0 saturated heterocycles. The first-order valence-electron chi connectivity index (χ1n) is 13.4. The first-order chi connectivity index (χ1) is 13.8. The number of unbranched alkanes of at least 4 members (excludes halogenated alkanes) is 21. The summed E-state index contributed by atoms with van der Waals surface area (Å²) in [5.74, 6) is 0.896. The Morgan fingerprint density at radius 3 is 0.929 bits per heavy atom. The Bertz CT molecular complexity index is 278. The molecule has 0 fully saturated rings. The lowest BCUT2D eigenvalue weighted by Gasteiger charge is -2.05. The third-order valence-electron chi connectivity index (χ3n) is 6.19. The summed E-state index contributed by atoms with van der Waals surface area (Å²) in [6, 6.07) is 0.